The smallest absolute Gasteiger partial charge is 0.141 e. The number of hydrogen-bond acceptors (Lipinski definition) is 5. The third-order valence-corrected chi connectivity index (χ3v) is 3.64. The van der Waals surface area contributed by atoms with Gasteiger partial charge in [-0.1, -0.05) is 11.3 Å². The van der Waals surface area contributed by atoms with Crippen molar-refractivity contribution in [3.63, 3.8) is 0 Å². The van der Waals surface area contributed by atoms with Crippen molar-refractivity contribution in [2.24, 2.45) is 0 Å². The van der Waals surface area contributed by atoms with Crippen LogP contribution in [0, 0.1) is 0 Å². The molecule has 6 heteroatoms. The van der Waals surface area contributed by atoms with Gasteiger partial charge in [-0.2, -0.15) is 0 Å². The molecule has 19 heavy (non-hydrogen) atoms. The fourth-order valence-electron chi connectivity index (χ4n) is 1.79. The number of aromatic nitrogens is 3. The average molecular weight is 272 g/mol. The first kappa shape index (κ1) is 11.7. The highest BCUT2D eigenvalue weighted by atomic mass is 32.1. The molecule has 3 aromatic rings. The molecule has 2 N–H and O–H groups in total. The minimum absolute atomic E-state index is 0.577. The van der Waals surface area contributed by atoms with E-state index < -0.39 is 0 Å². The maximum absolute atomic E-state index is 5.89. The SMILES string of the molecule is COc1ccc(-n2cc(-c3cccs3)nn2)cc1N. The van der Waals surface area contributed by atoms with Gasteiger partial charge < -0.3 is 10.5 Å². The first-order valence-electron chi connectivity index (χ1n) is 5.68. The van der Waals surface area contributed by atoms with Crippen molar-refractivity contribution >= 4 is 17.0 Å². The highest BCUT2D eigenvalue weighted by Gasteiger charge is 2.07. The number of rotatable bonds is 3. The summed E-state index contributed by atoms with van der Waals surface area (Å²) in [5, 5.41) is 10.3. The normalized spacial score (nSPS) is 10.6. The van der Waals surface area contributed by atoms with E-state index in [4.69, 9.17) is 10.5 Å². The fraction of sp³-hybridized carbons (Fsp3) is 0.0769. The molecule has 0 fully saturated rings. The number of nitrogen functional groups attached to an aromatic ring is 1. The molecule has 3 rings (SSSR count). The molecule has 5 nitrogen and oxygen atoms in total. The minimum atomic E-state index is 0.577. The van der Waals surface area contributed by atoms with Crippen molar-refractivity contribution in [3.05, 3.63) is 41.9 Å². The molecule has 2 aromatic heterocycles. The Labute approximate surface area is 114 Å². The second-order valence-corrected chi connectivity index (χ2v) is 4.90. The first-order chi connectivity index (χ1) is 9.28. The molecule has 0 spiro atoms. The number of thiophene rings is 1. The van der Waals surface area contributed by atoms with Crippen LogP contribution >= 0.6 is 11.3 Å². The van der Waals surface area contributed by atoms with Gasteiger partial charge >= 0.3 is 0 Å². The van der Waals surface area contributed by atoms with Crippen LogP contribution in [0.5, 0.6) is 5.75 Å². The summed E-state index contributed by atoms with van der Waals surface area (Å²) in [6.45, 7) is 0. The van der Waals surface area contributed by atoms with E-state index in [0.29, 0.717) is 11.4 Å². The molecule has 0 unspecified atom stereocenters. The van der Waals surface area contributed by atoms with Gasteiger partial charge in [0.15, 0.2) is 0 Å². The van der Waals surface area contributed by atoms with Crippen LogP contribution in [0.2, 0.25) is 0 Å². The van der Waals surface area contributed by atoms with Gasteiger partial charge in [0.1, 0.15) is 11.4 Å². The van der Waals surface area contributed by atoms with Crippen LogP contribution in [0.1, 0.15) is 0 Å². The Morgan fingerprint density at radius 3 is 2.89 bits per heavy atom. The van der Waals surface area contributed by atoms with Gasteiger partial charge in [0.25, 0.3) is 0 Å². The average Bonchev–Trinajstić information content (AvgIpc) is 3.09. The molecule has 0 aliphatic carbocycles. The number of nitrogens with zero attached hydrogens (tertiary/aromatic N) is 3. The Bertz CT molecular complexity index is 690. The van der Waals surface area contributed by atoms with E-state index in [1.165, 1.54) is 0 Å². The lowest BCUT2D eigenvalue weighted by Gasteiger charge is -2.06. The zero-order valence-corrected chi connectivity index (χ0v) is 11.1. The molecular formula is C13H12N4OS. The van der Waals surface area contributed by atoms with Gasteiger partial charge in [-0.3, -0.25) is 0 Å². The maximum atomic E-state index is 5.89. The van der Waals surface area contributed by atoms with E-state index in [1.807, 2.05) is 41.9 Å². The van der Waals surface area contributed by atoms with Crippen molar-refractivity contribution in [1.82, 2.24) is 15.0 Å². The summed E-state index contributed by atoms with van der Waals surface area (Å²) in [5.74, 6) is 0.655. The van der Waals surface area contributed by atoms with Crippen molar-refractivity contribution < 1.29 is 4.74 Å². The highest BCUT2D eigenvalue weighted by molar-refractivity contribution is 7.13. The molecule has 0 bridgehead atoms. The minimum Gasteiger partial charge on any atom is -0.495 e. The van der Waals surface area contributed by atoms with Gasteiger partial charge in [0.2, 0.25) is 0 Å². The summed E-state index contributed by atoms with van der Waals surface area (Å²) in [6, 6.07) is 9.52. The second kappa shape index (κ2) is 4.74. The summed E-state index contributed by atoms with van der Waals surface area (Å²) in [6.07, 6.45) is 1.88. The van der Waals surface area contributed by atoms with Crippen LogP contribution in [0.3, 0.4) is 0 Å². The molecule has 0 saturated carbocycles. The molecule has 0 atom stereocenters. The summed E-state index contributed by atoms with van der Waals surface area (Å²) in [7, 11) is 1.59. The number of nitrogens with two attached hydrogens (primary N) is 1. The fourth-order valence-corrected chi connectivity index (χ4v) is 2.47. The van der Waals surface area contributed by atoms with Crippen molar-refractivity contribution in [2.75, 3.05) is 12.8 Å². The quantitative estimate of drug-likeness (QED) is 0.744. The van der Waals surface area contributed by atoms with Crippen LogP contribution in [-0.4, -0.2) is 22.1 Å². The van der Waals surface area contributed by atoms with Crippen molar-refractivity contribution in [3.8, 4) is 22.0 Å². The van der Waals surface area contributed by atoms with E-state index in [-0.39, 0.29) is 0 Å². The van der Waals surface area contributed by atoms with E-state index in [0.717, 1.165) is 16.3 Å². The molecule has 0 amide bonds. The molecule has 0 aliphatic rings. The third kappa shape index (κ3) is 2.17. The molecule has 0 aliphatic heterocycles. The summed E-state index contributed by atoms with van der Waals surface area (Å²) < 4.78 is 6.83. The van der Waals surface area contributed by atoms with Crippen molar-refractivity contribution in [2.45, 2.75) is 0 Å². The largest absolute Gasteiger partial charge is 0.495 e. The molecule has 0 saturated heterocycles. The van der Waals surface area contributed by atoms with E-state index in [2.05, 4.69) is 10.3 Å². The second-order valence-electron chi connectivity index (χ2n) is 3.95. The van der Waals surface area contributed by atoms with E-state index >= 15 is 0 Å². The molecule has 2 heterocycles. The Morgan fingerprint density at radius 1 is 1.32 bits per heavy atom. The number of hydrogen-bond donors (Lipinski definition) is 1. The van der Waals surface area contributed by atoms with Gasteiger partial charge in [-0.15, -0.1) is 16.4 Å². The molecule has 0 radical (unpaired) electrons. The lowest BCUT2D eigenvalue weighted by atomic mass is 10.2. The zero-order chi connectivity index (χ0) is 13.2. The van der Waals surface area contributed by atoms with Crippen molar-refractivity contribution in [1.29, 1.82) is 0 Å². The molecule has 1 aromatic carbocycles. The molecule has 96 valence electrons. The van der Waals surface area contributed by atoms with E-state index in [9.17, 15) is 0 Å². The lowest BCUT2D eigenvalue weighted by molar-refractivity contribution is 0.417. The highest BCUT2D eigenvalue weighted by Crippen LogP contribution is 2.26. The van der Waals surface area contributed by atoms with Gasteiger partial charge in [-0.05, 0) is 29.6 Å². The summed E-state index contributed by atoms with van der Waals surface area (Å²) >= 11 is 1.63. The Balaban J connectivity index is 1.97. The van der Waals surface area contributed by atoms with Crippen LogP contribution in [0.4, 0.5) is 5.69 Å². The standard InChI is InChI=1S/C13H12N4OS/c1-18-12-5-4-9(7-10(12)14)17-8-11(15-16-17)13-3-2-6-19-13/h2-8H,14H2,1H3. The molecular weight excluding hydrogens is 260 g/mol. The lowest BCUT2D eigenvalue weighted by Crippen LogP contribution is -1.98. The van der Waals surface area contributed by atoms with Crippen LogP contribution in [0.25, 0.3) is 16.3 Å². The first-order valence-corrected chi connectivity index (χ1v) is 6.56. The number of benzene rings is 1. The van der Waals surface area contributed by atoms with Gasteiger partial charge in [0, 0.05) is 0 Å². The Kier molecular flexibility index (Phi) is 2.92. The zero-order valence-electron chi connectivity index (χ0n) is 10.3. The number of ether oxygens (including phenoxy) is 1. The van der Waals surface area contributed by atoms with Crippen LogP contribution in [-0.2, 0) is 0 Å². The monoisotopic (exact) mass is 272 g/mol. The third-order valence-electron chi connectivity index (χ3n) is 2.74. The maximum Gasteiger partial charge on any atom is 0.141 e. The predicted molar refractivity (Wildman–Crippen MR) is 75.6 cm³/mol. The van der Waals surface area contributed by atoms with Gasteiger partial charge in [-0.25, -0.2) is 4.68 Å². The number of anilines is 1. The number of methoxy groups -OCH3 is 1. The summed E-state index contributed by atoms with van der Waals surface area (Å²) in [4.78, 5) is 1.09. The van der Waals surface area contributed by atoms with Gasteiger partial charge in [0.05, 0.1) is 29.6 Å². The van der Waals surface area contributed by atoms with E-state index in [1.54, 1.807) is 23.1 Å². The topological polar surface area (TPSA) is 66.0 Å². The van der Waals surface area contributed by atoms with Crippen LogP contribution in [0.15, 0.2) is 41.9 Å². The Morgan fingerprint density at radius 2 is 2.21 bits per heavy atom. The Hall–Kier alpha value is -2.34. The predicted octanol–water partition coefficient (Wildman–Crippen LogP) is 2.59. The summed E-state index contributed by atoms with van der Waals surface area (Å²) in [5.41, 5.74) is 8.17. The van der Waals surface area contributed by atoms with Crippen LogP contribution < -0.4 is 10.5 Å².